The second-order valence-electron chi connectivity index (χ2n) is 9.10. The Morgan fingerprint density at radius 1 is 1.20 bits per heavy atom. The van der Waals surface area contributed by atoms with Gasteiger partial charge in [-0.25, -0.2) is 36.2 Å². The number of benzene rings is 1. The number of aliphatic hydroxyl groups is 1. The topological polar surface area (TPSA) is 135 Å². The lowest BCUT2D eigenvalue weighted by Gasteiger charge is -2.22. The standard InChI is InChI=1S/C23H19ClF5N5O5S2/c1-22(2,10-35)33-41(37,38)17-8-14(18(24)40-17)32-21(36)39-16-9-30-34-15(19(25)26)7-13(31-20(16)34)11-3-5-12(6-4-11)23(27,28)29/h3-9,19,33,35H,10H2,1-2H3,(H,32,36). The molecule has 0 aliphatic carbocycles. The molecule has 18 heteroatoms. The zero-order valence-electron chi connectivity index (χ0n) is 20.8. The van der Waals surface area contributed by atoms with Crippen molar-refractivity contribution in [2.45, 2.75) is 36.2 Å². The third-order valence-electron chi connectivity index (χ3n) is 5.37. The van der Waals surface area contributed by atoms with Gasteiger partial charge in [0.1, 0.15) is 14.2 Å². The van der Waals surface area contributed by atoms with Crippen molar-refractivity contribution in [2.75, 3.05) is 11.9 Å². The van der Waals surface area contributed by atoms with Gasteiger partial charge >= 0.3 is 12.3 Å². The van der Waals surface area contributed by atoms with Crippen LogP contribution in [0.1, 0.15) is 31.5 Å². The number of aliphatic hydroxyl groups excluding tert-OH is 1. The van der Waals surface area contributed by atoms with Gasteiger partial charge in [-0.15, -0.1) is 11.3 Å². The average molecular weight is 640 g/mol. The summed E-state index contributed by atoms with van der Waals surface area (Å²) in [7, 11) is -4.13. The van der Waals surface area contributed by atoms with Crippen LogP contribution in [0.25, 0.3) is 16.9 Å². The maximum absolute atomic E-state index is 13.8. The first-order chi connectivity index (χ1) is 19.0. The molecule has 4 aromatic rings. The Balaban J connectivity index is 1.61. The number of rotatable bonds is 8. The molecule has 0 unspecified atom stereocenters. The Hall–Kier alpha value is -3.38. The van der Waals surface area contributed by atoms with Gasteiger partial charge in [0.25, 0.3) is 16.4 Å². The van der Waals surface area contributed by atoms with Crippen LogP contribution in [0.3, 0.4) is 0 Å². The number of ether oxygens (including phenoxy) is 1. The Morgan fingerprint density at radius 2 is 1.85 bits per heavy atom. The van der Waals surface area contributed by atoms with Crippen molar-refractivity contribution in [1.82, 2.24) is 19.3 Å². The maximum atomic E-state index is 13.8. The Kier molecular flexibility index (Phi) is 8.30. The summed E-state index contributed by atoms with van der Waals surface area (Å²) in [5, 5.41) is 15.3. The van der Waals surface area contributed by atoms with E-state index in [4.69, 9.17) is 16.3 Å². The molecule has 0 spiro atoms. The van der Waals surface area contributed by atoms with E-state index >= 15 is 0 Å². The van der Waals surface area contributed by atoms with E-state index in [1.54, 1.807) is 0 Å². The van der Waals surface area contributed by atoms with Crippen molar-refractivity contribution in [1.29, 1.82) is 0 Å². The van der Waals surface area contributed by atoms with Crippen LogP contribution >= 0.6 is 22.9 Å². The molecule has 0 saturated carbocycles. The van der Waals surface area contributed by atoms with Gasteiger partial charge in [0.05, 0.1) is 35.3 Å². The van der Waals surface area contributed by atoms with Crippen LogP contribution in [-0.4, -0.2) is 46.4 Å². The fraction of sp³-hybridized carbons (Fsp3) is 0.261. The number of amides is 1. The zero-order valence-corrected chi connectivity index (χ0v) is 23.2. The first-order valence-corrected chi connectivity index (χ1v) is 14.0. The van der Waals surface area contributed by atoms with Gasteiger partial charge in [-0.05, 0) is 38.1 Å². The van der Waals surface area contributed by atoms with E-state index in [1.807, 2.05) is 0 Å². The van der Waals surface area contributed by atoms with Gasteiger partial charge in [-0.2, -0.15) is 18.3 Å². The van der Waals surface area contributed by atoms with Gasteiger partial charge in [-0.1, -0.05) is 23.7 Å². The number of nitrogens with zero attached hydrogens (tertiary/aromatic N) is 3. The second kappa shape index (κ2) is 11.1. The van der Waals surface area contributed by atoms with Crippen LogP contribution in [-0.2, 0) is 16.2 Å². The molecule has 1 aromatic carbocycles. The van der Waals surface area contributed by atoms with Crippen LogP contribution < -0.4 is 14.8 Å². The molecule has 3 heterocycles. The van der Waals surface area contributed by atoms with Gasteiger partial charge in [0, 0.05) is 5.56 Å². The van der Waals surface area contributed by atoms with Gasteiger partial charge < -0.3 is 9.84 Å². The van der Waals surface area contributed by atoms with Crippen molar-refractivity contribution in [2.24, 2.45) is 0 Å². The third-order valence-corrected chi connectivity index (χ3v) is 8.90. The lowest BCUT2D eigenvalue weighted by molar-refractivity contribution is -0.137. The van der Waals surface area contributed by atoms with E-state index in [2.05, 4.69) is 20.1 Å². The number of fused-ring (bicyclic) bond motifs is 1. The lowest BCUT2D eigenvalue weighted by Crippen LogP contribution is -2.45. The smallest absolute Gasteiger partial charge is 0.404 e. The number of anilines is 1. The summed E-state index contributed by atoms with van der Waals surface area (Å²) < 4.78 is 99.4. The zero-order chi connectivity index (χ0) is 30.3. The molecule has 0 radical (unpaired) electrons. The number of thiophene rings is 1. The van der Waals surface area contributed by atoms with Gasteiger partial charge in [-0.3, -0.25) is 5.32 Å². The van der Waals surface area contributed by atoms with Crippen LogP contribution in [0.15, 0.2) is 46.8 Å². The second-order valence-corrected chi connectivity index (χ2v) is 12.7. The largest absolute Gasteiger partial charge is 0.417 e. The lowest BCUT2D eigenvalue weighted by atomic mass is 10.1. The maximum Gasteiger partial charge on any atom is 0.417 e. The molecule has 0 fully saturated rings. The molecule has 220 valence electrons. The first kappa shape index (κ1) is 30.6. The van der Waals surface area contributed by atoms with Crippen molar-refractivity contribution in [3.63, 3.8) is 0 Å². The number of sulfonamides is 1. The summed E-state index contributed by atoms with van der Waals surface area (Å²) in [6.07, 6.45) is -7.96. The van der Waals surface area contributed by atoms with Crippen LogP contribution in [0.5, 0.6) is 5.75 Å². The third kappa shape index (κ3) is 6.75. The number of halogens is 6. The monoisotopic (exact) mass is 639 g/mol. The molecule has 0 atom stereocenters. The molecule has 4 rings (SSSR count). The Morgan fingerprint density at radius 3 is 2.44 bits per heavy atom. The normalized spacial score (nSPS) is 12.7. The number of carbonyl (C=O) groups excluding carboxylic acids is 1. The van der Waals surface area contributed by atoms with Crippen molar-refractivity contribution in [3.8, 4) is 17.0 Å². The molecule has 0 bridgehead atoms. The van der Waals surface area contributed by atoms with Crippen molar-refractivity contribution in [3.05, 3.63) is 58.2 Å². The van der Waals surface area contributed by atoms with E-state index in [0.717, 1.165) is 42.6 Å². The summed E-state index contributed by atoms with van der Waals surface area (Å²) in [6.45, 7) is 2.40. The fourth-order valence-electron chi connectivity index (χ4n) is 3.42. The number of aromatic nitrogens is 3. The van der Waals surface area contributed by atoms with Crippen LogP contribution in [0.2, 0.25) is 4.34 Å². The van der Waals surface area contributed by atoms with Crippen LogP contribution in [0.4, 0.5) is 32.4 Å². The number of hydrogen-bond acceptors (Lipinski definition) is 8. The molecule has 1 amide bonds. The summed E-state index contributed by atoms with van der Waals surface area (Å²) >= 11 is 6.70. The highest BCUT2D eigenvalue weighted by Crippen LogP contribution is 2.36. The molecular formula is C23H19ClF5N5O5S2. The number of hydrogen-bond donors (Lipinski definition) is 3. The predicted octanol–water partition coefficient (Wildman–Crippen LogP) is 5.73. The van der Waals surface area contributed by atoms with E-state index in [1.165, 1.54) is 13.8 Å². The molecule has 41 heavy (non-hydrogen) atoms. The minimum absolute atomic E-state index is 0.0794. The fourth-order valence-corrected chi connectivity index (χ4v) is 6.46. The highest BCUT2D eigenvalue weighted by molar-refractivity contribution is 7.91. The summed E-state index contributed by atoms with van der Waals surface area (Å²) in [5.41, 5.74) is -3.35. The highest BCUT2D eigenvalue weighted by atomic mass is 35.5. The van der Waals surface area contributed by atoms with E-state index < -0.39 is 52.1 Å². The number of nitrogens with one attached hydrogen (secondary N) is 2. The molecule has 10 nitrogen and oxygen atoms in total. The minimum atomic E-state index is -4.60. The minimum Gasteiger partial charge on any atom is -0.404 e. The Labute approximate surface area is 237 Å². The van der Waals surface area contributed by atoms with E-state index in [9.17, 15) is 40.3 Å². The van der Waals surface area contributed by atoms with E-state index in [-0.39, 0.29) is 36.9 Å². The molecular weight excluding hydrogens is 621 g/mol. The highest BCUT2D eigenvalue weighted by Gasteiger charge is 2.31. The van der Waals surface area contributed by atoms with Gasteiger partial charge in [0.15, 0.2) is 11.4 Å². The number of carbonyl (C=O) groups is 1. The number of alkyl halides is 5. The van der Waals surface area contributed by atoms with E-state index in [0.29, 0.717) is 15.9 Å². The first-order valence-electron chi connectivity index (χ1n) is 11.3. The SMILES string of the molecule is CC(C)(CO)NS(=O)(=O)c1cc(NC(=O)Oc2cnn3c(C(F)F)cc(-c4ccc(C(F)(F)F)cc4)nc23)c(Cl)s1. The molecule has 0 saturated heterocycles. The summed E-state index contributed by atoms with van der Waals surface area (Å²) in [6, 6.07) is 5.64. The van der Waals surface area contributed by atoms with Crippen LogP contribution in [0, 0.1) is 0 Å². The van der Waals surface area contributed by atoms with Crippen molar-refractivity contribution >= 4 is 50.4 Å². The summed E-state index contributed by atoms with van der Waals surface area (Å²) in [5.74, 6) is -0.385. The predicted molar refractivity (Wildman–Crippen MR) is 139 cm³/mol. The van der Waals surface area contributed by atoms with Gasteiger partial charge in [0.2, 0.25) is 0 Å². The molecule has 3 N–H and O–H groups in total. The summed E-state index contributed by atoms with van der Waals surface area (Å²) in [4.78, 5) is 16.8. The van der Waals surface area contributed by atoms with Crippen molar-refractivity contribution < 1.29 is 45.0 Å². The molecule has 3 aromatic heterocycles. The Bertz CT molecular complexity index is 1710. The molecule has 0 aliphatic heterocycles. The molecule has 0 aliphatic rings. The quantitative estimate of drug-likeness (QED) is 0.210. The average Bonchev–Trinajstić information content (AvgIpc) is 3.46.